The molecule has 0 aliphatic heterocycles. The molecule has 15 heavy (non-hydrogen) atoms. The Labute approximate surface area is 87.3 Å². The third kappa shape index (κ3) is 8.30. The van der Waals surface area contributed by atoms with Crippen LogP contribution in [0.15, 0.2) is 0 Å². The first-order valence-electron chi connectivity index (χ1n) is 3.74. The third-order valence-corrected chi connectivity index (χ3v) is 5.19. The highest BCUT2D eigenvalue weighted by Crippen LogP contribution is 2.02. The second-order valence-corrected chi connectivity index (χ2v) is 7.60. The number of hydrogen-bond acceptors (Lipinski definition) is 6. The Hall–Kier alpha value is -0.700. The lowest BCUT2D eigenvalue weighted by Crippen LogP contribution is -2.26. The number of alkyl halides is 1. The Kier molecular flexibility index (Phi) is 5.15. The summed E-state index contributed by atoms with van der Waals surface area (Å²) >= 11 is 0. The molecule has 1 atom stereocenters. The lowest BCUT2D eigenvalue weighted by Gasteiger charge is -2.06. The van der Waals surface area contributed by atoms with Gasteiger partial charge in [0.25, 0.3) is 6.47 Å². The lowest BCUT2D eigenvalue weighted by atomic mass is 10.5. The third-order valence-electron chi connectivity index (χ3n) is 1.17. The second kappa shape index (κ2) is 5.40. The van der Waals surface area contributed by atoms with Crippen molar-refractivity contribution in [2.75, 3.05) is 23.7 Å². The molecule has 0 aromatic carbocycles. The van der Waals surface area contributed by atoms with Crippen LogP contribution in [0, 0.1) is 0 Å². The van der Waals surface area contributed by atoms with Crippen LogP contribution in [-0.2, 0) is 29.2 Å². The predicted molar refractivity (Wildman–Crippen MR) is 50.4 cm³/mol. The minimum atomic E-state index is -4.03. The van der Waals surface area contributed by atoms with Crippen molar-refractivity contribution in [1.29, 1.82) is 0 Å². The van der Waals surface area contributed by atoms with Crippen LogP contribution in [-0.4, -0.2) is 53.2 Å². The maximum Gasteiger partial charge on any atom is 0.293 e. The fourth-order valence-electron chi connectivity index (χ4n) is 0.842. The van der Waals surface area contributed by atoms with Crippen molar-refractivity contribution < 1.29 is 30.8 Å². The fraction of sp³-hybridized carbons (Fsp3) is 0.833. The molecule has 0 amide bonds. The van der Waals surface area contributed by atoms with Crippen molar-refractivity contribution in [3.63, 3.8) is 0 Å². The Morgan fingerprint density at radius 1 is 1.33 bits per heavy atom. The largest absolute Gasteiger partial charge is 0.465 e. The van der Waals surface area contributed by atoms with Gasteiger partial charge >= 0.3 is 0 Å². The van der Waals surface area contributed by atoms with Crippen LogP contribution in [0.3, 0.4) is 0 Å². The summed E-state index contributed by atoms with van der Waals surface area (Å²) in [6, 6.07) is 0. The molecule has 0 heterocycles. The van der Waals surface area contributed by atoms with Crippen LogP contribution in [0.1, 0.15) is 0 Å². The molecule has 0 radical (unpaired) electrons. The second-order valence-electron chi connectivity index (χ2n) is 2.98. The highest BCUT2D eigenvalue weighted by Gasteiger charge is 2.23. The van der Waals surface area contributed by atoms with Crippen molar-refractivity contribution in [1.82, 2.24) is 0 Å². The fourth-order valence-corrected chi connectivity index (χ4v) is 4.48. The standard InChI is InChI=1S/C6H11FO6S2/c1-14(9,10)5-15(11,12)3-6(7)2-13-4-8/h4,6H,2-3,5H2,1H3. The molecule has 0 saturated heterocycles. The molecule has 0 spiro atoms. The first-order valence-corrected chi connectivity index (χ1v) is 7.62. The van der Waals surface area contributed by atoms with E-state index in [2.05, 4.69) is 4.74 Å². The Bertz CT molecular complexity index is 397. The van der Waals surface area contributed by atoms with Gasteiger partial charge in [-0.3, -0.25) is 4.79 Å². The molecular weight excluding hydrogens is 251 g/mol. The van der Waals surface area contributed by atoms with E-state index in [4.69, 9.17) is 0 Å². The quantitative estimate of drug-likeness (QED) is 0.541. The minimum absolute atomic E-state index is 0.0181. The predicted octanol–water partition coefficient (Wildman–Crippen LogP) is -1.09. The molecule has 0 aromatic heterocycles. The van der Waals surface area contributed by atoms with E-state index in [1.54, 1.807) is 0 Å². The van der Waals surface area contributed by atoms with Gasteiger partial charge in [-0.05, 0) is 0 Å². The van der Waals surface area contributed by atoms with Crippen molar-refractivity contribution in [3.8, 4) is 0 Å². The molecule has 9 heteroatoms. The number of carbonyl (C=O) groups is 1. The Balaban J connectivity index is 4.33. The number of ether oxygens (including phenoxy) is 1. The van der Waals surface area contributed by atoms with E-state index in [1.165, 1.54) is 0 Å². The lowest BCUT2D eigenvalue weighted by molar-refractivity contribution is -0.130. The van der Waals surface area contributed by atoms with Crippen LogP contribution in [0.4, 0.5) is 4.39 Å². The molecule has 0 aliphatic rings. The molecule has 0 aliphatic carbocycles. The van der Waals surface area contributed by atoms with E-state index >= 15 is 0 Å². The van der Waals surface area contributed by atoms with Gasteiger partial charge in [-0.25, -0.2) is 21.2 Å². The SMILES string of the molecule is CS(=O)(=O)CS(=O)(=O)CC(F)COC=O. The molecule has 0 aromatic rings. The van der Waals surface area contributed by atoms with Crippen LogP contribution >= 0.6 is 0 Å². The topological polar surface area (TPSA) is 94.6 Å². The van der Waals surface area contributed by atoms with E-state index < -0.39 is 43.3 Å². The smallest absolute Gasteiger partial charge is 0.293 e. The van der Waals surface area contributed by atoms with Gasteiger partial charge in [0.05, 0.1) is 5.75 Å². The summed E-state index contributed by atoms with van der Waals surface area (Å²) in [6.07, 6.45) is -1.18. The van der Waals surface area contributed by atoms with Gasteiger partial charge in [0, 0.05) is 6.26 Å². The van der Waals surface area contributed by atoms with Crippen LogP contribution in [0.5, 0.6) is 0 Å². The van der Waals surface area contributed by atoms with Gasteiger partial charge < -0.3 is 4.74 Å². The molecule has 1 unspecified atom stereocenters. The van der Waals surface area contributed by atoms with Crippen molar-refractivity contribution >= 4 is 26.1 Å². The minimum Gasteiger partial charge on any atom is -0.465 e. The number of hydrogen-bond donors (Lipinski definition) is 0. The molecule has 0 fully saturated rings. The van der Waals surface area contributed by atoms with Crippen molar-refractivity contribution in [2.45, 2.75) is 6.17 Å². The Morgan fingerprint density at radius 3 is 2.27 bits per heavy atom. The number of sulfone groups is 2. The maximum atomic E-state index is 12.8. The number of carbonyl (C=O) groups excluding carboxylic acids is 1. The summed E-state index contributed by atoms with van der Waals surface area (Å²) in [5, 5.41) is -1.11. The van der Waals surface area contributed by atoms with E-state index in [9.17, 15) is 26.0 Å². The summed E-state index contributed by atoms with van der Waals surface area (Å²) in [5.74, 6) is -0.978. The molecule has 0 saturated carbocycles. The van der Waals surface area contributed by atoms with Crippen LogP contribution < -0.4 is 0 Å². The monoisotopic (exact) mass is 262 g/mol. The molecule has 0 N–H and O–H groups in total. The summed E-state index contributed by atoms with van der Waals surface area (Å²) in [6.45, 7) is -0.720. The van der Waals surface area contributed by atoms with Crippen LogP contribution in [0.25, 0.3) is 0 Å². The molecule has 90 valence electrons. The van der Waals surface area contributed by atoms with E-state index in [1.807, 2.05) is 0 Å². The molecule has 0 rings (SSSR count). The normalized spacial score (nSPS) is 14.5. The van der Waals surface area contributed by atoms with Gasteiger partial charge in [0.1, 0.15) is 12.8 Å². The average Bonchev–Trinajstić information content (AvgIpc) is 1.94. The van der Waals surface area contributed by atoms with Crippen LogP contribution in [0.2, 0.25) is 0 Å². The highest BCUT2D eigenvalue weighted by molar-refractivity contribution is 8.07. The van der Waals surface area contributed by atoms with Crippen molar-refractivity contribution in [2.24, 2.45) is 0 Å². The van der Waals surface area contributed by atoms with E-state index in [0.717, 1.165) is 6.26 Å². The summed E-state index contributed by atoms with van der Waals surface area (Å²) < 4.78 is 60.2. The number of rotatable bonds is 7. The van der Waals surface area contributed by atoms with Gasteiger partial charge in [0.2, 0.25) is 0 Å². The van der Waals surface area contributed by atoms with Gasteiger partial charge in [-0.2, -0.15) is 0 Å². The first-order chi connectivity index (χ1) is 6.66. The summed E-state index contributed by atoms with van der Waals surface area (Å²) in [7, 11) is -7.74. The van der Waals surface area contributed by atoms with Gasteiger partial charge in [-0.1, -0.05) is 0 Å². The molecule has 0 bridgehead atoms. The zero-order chi connectivity index (χ0) is 12.1. The van der Waals surface area contributed by atoms with Gasteiger partial charge in [0.15, 0.2) is 24.8 Å². The average molecular weight is 262 g/mol. The van der Waals surface area contributed by atoms with E-state index in [0.29, 0.717) is 0 Å². The summed E-state index contributed by atoms with van der Waals surface area (Å²) in [4.78, 5) is 9.67. The van der Waals surface area contributed by atoms with Gasteiger partial charge in [-0.15, -0.1) is 0 Å². The molecular formula is C6H11FO6S2. The number of halogens is 1. The first kappa shape index (κ1) is 14.3. The zero-order valence-electron chi connectivity index (χ0n) is 7.92. The Morgan fingerprint density at radius 2 is 1.87 bits per heavy atom. The maximum absolute atomic E-state index is 12.8. The van der Waals surface area contributed by atoms with E-state index in [-0.39, 0.29) is 6.47 Å². The van der Waals surface area contributed by atoms with Crippen molar-refractivity contribution in [3.05, 3.63) is 0 Å². The highest BCUT2D eigenvalue weighted by atomic mass is 32.3. The zero-order valence-corrected chi connectivity index (χ0v) is 9.55. The molecule has 6 nitrogen and oxygen atoms in total. The summed E-state index contributed by atoms with van der Waals surface area (Å²) in [5.41, 5.74) is 0.